The van der Waals surface area contributed by atoms with Crippen LogP contribution in [-0.2, 0) is 0 Å². The Balaban J connectivity index is 1.90. The van der Waals surface area contributed by atoms with E-state index in [0.717, 1.165) is 5.52 Å². The van der Waals surface area contributed by atoms with Gasteiger partial charge in [0.15, 0.2) is 0 Å². The Bertz CT molecular complexity index is 782. The number of aromatic nitrogens is 1. The van der Waals surface area contributed by atoms with Crippen LogP contribution in [0.25, 0.3) is 21.7 Å². The lowest BCUT2D eigenvalue weighted by Gasteiger charge is -2.21. The molecule has 2 aromatic carbocycles. The summed E-state index contributed by atoms with van der Waals surface area (Å²) >= 11 is 0. The number of hydrogen-bond donors (Lipinski definition) is 0. The molecule has 0 aliphatic heterocycles. The first kappa shape index (κ1) is 13.8. The fraction of sp³-hybridized carbons (Fsp3) is 0.381. The number of pyridine rings is 1. The summed E-state index contributed by atoms with van der Waals surface area (Å²) in [6.45, 7) is 0. The Hall–Kier alpha value is -1.89. The molecule has 4 rings (SSSR count). The molecule has 0 spiro atoms. The summed E-state index contributed by atoms with van der Waals surface area (Å²) in [6, 6.07) is 17.4. The standard InChI is InChI=1S/C21H23N/c1-2-4-10-16(11-5-3-1)21-19-14-7-6-12-17(19)18-13-8-9-15-20(18)22-21/h6-9,12-16H,1-5,10-11H2. The summed E-state index contributed by atoms with van der Waals surface area (Å²) < 4.78 is 0. The Morgan fingerprint density at radius 1 is 0.636 bits per heavy atom. The van der Waals surface area contributed by atoms with E-state index in [2.05, 4.69) is 48.5 Å². The molecule has 0 atom stereocenters. The molecule has 1 saturated carbocycles. The van der Waals surface area contributed by atoms with E-state index in [1.165, 1.54) is 66.8 Å². The molecule has 0 N–H and O–H groups in total. The molecule has 0 radical (unpaired) electrons. The van der Waals surface area contributed by atoms with Gasteiger partial charge in [0.1, 0.15) is 0 Å². The fourth-order valence-corrected chi connectivity index (χ4v) is 3.97. The maximum atomic E-state index is 5.10. The number of fused-ring (bicyclic) bond motifs is 3. The van der Waals surface area contributed by atoms with Gasteiger partial charge in [0, 0.05) is 16.7 Å². The van der Waals surface area contributed by atoms with Crippen molar-refractivity contribution in [1.29, 1.82) is 0 Å². The second-order valence-corrected chi connectivity index (χ2v) is 6.60. The molecule has 0 saturated heterocycles. The quantitative estimate of drug-likeness (QED) is 0.485. The first-order valence-electron chi connectivity index (χ1n) is 8.71. The second-order valence-electron chi connectivity index (χ2n) is 6.60. The van der Waals surface area contributed by atoms with Crippen LogP contribution in [0.3, 0.4) is 0 Å². The van der Waals surface area contributed by atoms with Crippen molar-refractivity contribution in [2.24, 2.45) is 0 Å². The average Bonchev–Trinajstić information content (AvgIpc) is 2.54. The van der Waals surface area contributed by atoms with E-state index in [0.29, 0.717) is 5.92 Å². The van der Waals surface area contributed by atoms with Gasteiger partial charge in [-0.15, -0.1) is 0 Å². The van der Waals surface area contributed by atoms with E-state index in [9.17, 15) is 0 Å². The molecule has 0 amide bonds. The summed E-state index contributed by atoms with van der Waals surface area (Å²) in [4.78, 5) is 5.10. The Labute approximate surface area is 132 Å². The van der Waals surface area contributed by atoms with E-state index >= 15 is 0 Å². The lowest BCUT2D eigenvalue weighted by atomic mass is 9.86. The maximum Gasteiger partial charge on any atom is 0.0711 e. The van der Waals surface area contributed by atoms with Crippen LogP contribution in [-0.4, -0.2) is 4.98 Å². The van der Waals surface area contributed by atoms with E-state index < -0.39 is 0 Å². The number of para-hydroxylation sites is 1. The lowest BCUT2D eigenvalue weighted by molar-refractivity contribution is 0.452. The molecule has 1 aromatic heterocycles. The topological polar surface area (TPSA) is 12.9 Å². The predicted molar refractivity (Wildman–Crippen MR) is 94.3 cm³/mol. The van der Waals surface area contributed by atoms with Crippen LogP contribution in [0.1, 0.15) is 56.6 Å². The summed E-state index contributed by atoms with van der Waals surface area (Å²) in [5.74, 6) is 0.634. The highest BCUT2D eigenvalue weighted by Gasteiger charge is 2.18. The first-order chi connectivity index (χ1) is 10.9. The summed E-state index contributed by atoms with van der Waals surface area (Å²) in [5.41, 5.74) is 2.49. The normalized spacial score (nSPS) is 17.5. The van der Waals surface area contributed by atoms with Crippen LogP contribution in [0.2, 0.25) is 0 Å². The average molecular weight is 289 g/mol. The largest absolute Gasteiger partial charge is 0.252 e. The SMILES string of the molecule is c1ccc2c(c1)nc(C1CCCCCCC1)c1ccccc12. The van der Waals surface area contributed by atoms with E-state index in [1.54, 1.807) is 0 Å². The molecule has 0 unspecified atom stereocenters. The van der Waals surface area contributed by atoms with E-state index in [1.807, 2.05) is 0 Å². The smallest absolute Gasteiger partial charge is 0.0711 e. The molecule has 1 heterocycles. The highest BCUT2D eigenvalue weighted by Crippen LogP contribution is 2.36. The highest BCUT2D eigenvalue weighted by atomic mass is 14.7. The fourth-order valence-electron chi connectivity index (χ4n) is 3.97. The van der Waals surface area contributed by atoms with Gasteiger partial charge in [-0.3, -0.25) is 4.98 Å². The minimum atomic E-state index is 0.634. The molecule has 112 valence electrons. The van der Waals surface area contributed by atoms with Gasteiger partial charge < -0.3 is 0 Å². The van der Waals surface area contributed by atoms with Crippen LogP contribution >= 0.6 is 0 Å². The van der Waals surface area contributed by atoms with Crippen molar-refractivity contribution in [2.45, 2.75) is 50.9 Å². The molecule has 1 aliphatic carbocycles. The number of hydrogen-bond acceptors (Lipinski definition) is 1. The summed E-state index contributed by atoms with van der Waals surface area (Å²) in [6.07, 6.45) is 9.51. The second kappa shape index (κ2) is 6.08. The molecule has 22 heavy (non-hydrogen) atoms. The van der Waals surface area contributed by atoms with Crippen molar-refractivity contribution in [1.82, 2.24) is 4.98 Å². The molecule has 1 nitrogen and oxygen atoms in total. The van der Waals surface area contributed by atoms with Crippen molar-refractivity contribution in [3.05, 3.63) is 54.2 Å². The van der Waals surface area contributed by atoms with Crippen LogP contribution in [0, 0.1) is 0 Å². The molecular weight excluding hydrogens is 266 g/mol. The maximum absolute atomic E-state index is 5.10. The van der Waals surface area contributed by atoms with Gasteiger partial charge in [-0.1, -0.05) is 74.6 Å². The molecular formula is C21H23N. The molecule has 1 fully saturated rings. The van der Waals surface area contributed by atoms with Crippen molar-refractivity contribution >= 4 is 21.7 Å². The van der Waals surface area contributed by atoms with E-state index in [4.69, 9.17) is 4.98 Å². The zero-order chi connectivity index (χ0) is 14.8. The van der Waals surface area contributed by atoms with Crippen LogP contribution in [0.15, 0.2) is 48.5 Å². The number of rotatable bonds is 1. The number of benzene rings is 2. The number of nitrogens with zero attached hydrogens (tertiary/aromatic N) is 1. The van der Waals surface area contributed by atoms with Crippen LogP contribution < -0.4 is 0 Å². The highest BCUT2D eigenvalue weighted by molar-refractivity contribution is 6.06. The minimum absolute atomic E-state index is 0.634. The first-order valence-corrected chi connectivity index (χ1v) is 8.71. The molecule has 1 heteroatoms. The predicted octanol–water partition coefficient (Wildman–Crippen LogP) is 6.22. The van der Waals surface area contributed by atoms with Crippen LogP contribution in [0.4, 0.5) is 0 Å². The molecule has 1 aliphatic rings. The van der Waals surface area contributed by atoms with Gasteiger partial charge in [0.2, 0.25) is 0 Å². The molecule has 3 aromatic rings. The van der Waals surface area contributed by atoms with Crippen molar-refractivity contribution in [2.75, 3.05) is 0 Å². The third kappa shape index (κ3) is 2.49. The van der Waals surface area contributed by atoms with Gasteiger partial charge in [-0.05, 0) is 24.3 Å². The van der Waals surface area contributed by atoms with Gasteiger partial charge in [0.05, 0.1) is 11.2 Å². The third-order valence-electron chi connectivity index (χ3n) is 5.13. The zero-order valence-electron chi connectivity index (χ0n) is 13.1. The van der Waals surface area contributed by atoms with Gasteiger partial charge in [-0.2, -0.15) is 0 Å². The monoisotopic (exact) mass is 289 g/mol. The van der Waals surface area contributed by atoms with Crippen molar-refractivity contribution < 1.29 is 0 Å². The Morgan fingerprint density at radius 2 is 1.23 bits per heavy atom. The van der Waals surface area contributed by atoms with E-state index in [-0.39, 0.29) is 0 Å². The van der Waals surface area contributed by atoms with Gasteiger partial charge >= 0.3 is 0 Å². The van der Waals surface area contributed by atoms with Gasteiger partial charge in [-0.25, -0.2) is 0 Å². The third-order valence-corrected chi connectivity index (χ3v) is 5.13. The summed E-state index contributed by atoms with van der Waals surface area (Å²) in [7, 11) is 0. The Morgan fingerprint density at radius 3 is 2.00 bits per heavy atom. The van der Waals surface area contributed by atoms with Crippen LogP contribution in [0.5, 0.6) is 0 Å². The molecule has 0 bridgehead atoms. The lowest BCUT2D eigenvalue weighted by Crippen LogP contribution is -2.06. The van der Waals surface area contributed by atoms with Crippen molar-refractivity contribution in [3.8, 4) is 0 Å². The van der Waals surface area contributed by atoms with Crippen molar-refractivity contribution in [3.63, 3.8) is 0 Å². The minimum Gasteiger partial charge on any atom is -0.252 e. The summed E-state index contributed by atoms with van der Waals surface area (Å²) in [5, 5.41) is 4.02. The zero-order valence-corrected chi connectivity index (χ0v) is 13.1. The van der Waals surface area contributed by atoms with Gasteiger partial charge in [0.25, 0.3) is 0 Å². The Kier molecular flexibility index (Phi) is 3.80.